The van der Waals surface area contributed by atoms with Crippen LogP contribution in [0.4, 0.5) is 4.79 Å². The molecule has 0 saturated heterocycles. The van der Waals surface area contributed by atoms with E-state index in [0.29, 0.717) is 12.5 Å². The van der Waals surface area contributed by atoms with Crippen molar-refractivity contribution < 1.29 is 9.90 Å². The molecule has 0 radical (unpaired) electrons. The van der Waals surface area contributed by atoms with E-state index in [1.165, 1.54) is 0 Å². The zero-order chi connectivity index (χ0) is 13.7. The zero-order valence-corrected chi connectivity index (χ0v) is 10.8. The number of amides is 1. The molecular weight excluding hydrogens is 242 g/mol. The van der Waals surface area contributed by atoms with Gasteiger partial charge in [-0.3, -0.25) is 9.97 Å². The Bertz CT molecular complexity index is 571. The fraction of sp³-hybridized carbons (Fsp3) is 0.357. The number of fused-ring (bicyclic) bond motifs is 1. The molecule has 0 aliphatic rings. The molecule has 1 amide bonds. The standard InChI is InChI=1S/C14H17N3O2/c1-2-10(9-17-14(18)19)7-11-3-4-12-13(8-11)16-6-5-15-12/h3-6,8,10,17H,2,7,9H2,1H3,(H,18,19). The second kappa shape index (κ2) is 6.13. The van der Waals surface area contributed by atoms with Gasteiger partial charge in [0.15, 0.2) is 0 Å². The Morgan fingerprint density at radius 2 is 2.05 bits per heavy atom. The summed E-state index contributed by atoms with van der Waals surface area (Å²) < 4.78 is 0. The molecule has 0 fully saturated rings. The number of aromatic nitrogens is 2. The average Bonchev–Trinajstić information content (AvgIpc) is 2.43. The normalized spacial score (nSPS) is 12.3. The Morgan fingerprint density at radius 3 is 2.74 bits per heavy atom. The summed E-state index contributed by atoms with van der Waals surface area (Å²) in [5.74, 6) is 0.297. The number of nitrogens with zero attached hydrogens (tertiary/aromatic N) is 2. The molecule has 5 nitrogen and oxygen atoms in total. The van der Waals surface area contributed by atoms with E-state index in [1.54, 1.807) is 12.4 Å². The van der Waals surface area contributed by atoms with Gasteiger partial charge in [0.25, 0.3) is 0 Å². The number of nitrogens with one attached hydrogen (secondary N) is 1. The van der Waals surface area contributed by atoms with Crippen molar-refractivity contribution in [3.63, 3.8) is 0 Å². The van der Waals surface area contributed by atoms with Gasteiger partial charge in [0, 0.05) is 18.9 Å². The van der Waals surface area contributed by atoms with Crippen molar-refractivity contribution in [3.8, 4) is 0 Å². The van der Waals surface area contributed by atoms with Crippen molar-refractivity contribution in [2.24, 2.45) is 5.92 Å². The van der Waals surface area contributed by atoms with E-state index in [4.69, 9.17) is 5.11 Å². The molecular formula is C14H17N3O2. The minimum absolute atomic E-state index is 0.297. The molecule has 0 aliphatic carbocycles. The zero-order valence-electron chi connectivity index (χ0n) is 10.8. The first kappa shape index (κ1) is 13.3. The third-order valence-electron chi connectivity index (χ3n) is 3.18. The molecule has 19 heavy (non-hydrogen) atoms. The smallest absolute Gasteiger partial charge is 0.404 e. The molecule has 0 spiro atoms. The maximum absolute atomic E-state index is 10.5. The van der Waals surface area contributed by atoms with Crippen LogP contribution in [-0.2, 0) is 6.42 Å². The van der Waals surface area contributed by atoms with Gasteiger partial charge in [-0.1, -0.05) is 19.4 Å². The number of carboxylic acid groups (broad SMARTS) is 1. The maximum Gasteiger partial charge on any atom is 0.404 e. The van der Waals surface area contributed by atoms with E-state index < -0.39 is 6.09 Å². The first-order valence-corrected chi connectivity index (χ1v) is 6.35. The van der Waals surface area contributed by atoms with Crippen molar-refractivity contribution in [1.29, 1.82) is 0 Å². The Balaban J connectivity index is 2.08. The van der Waals surface area contributed by atoms with E-state index in [0.717, 1.165) is 29.4 Å². The van der Waals surface area contributed by atoms with Gasteiger partial charge >= 0.3 is 6.09 Å². The lowest BCUT2D eigenvalue weighted by Gasteiger charge is -2.14. The lowest BCUT2D eigenvalue weighted by Crippen LogP contribution is -2.28. The number of hydrogen-bond donors (Lipinski definition) is 2. The molecule has 2 N–H and O–H groups in total. The van der Waals surface area contributed by atoms with Gasteiger partial charge in [-0.15, -0.1) is 0 Å². The van der Waals surface area contributed by atoms with Crippen LogP contribution in [0.15, 0.2) is 30.6 Å². The highest BCUT2D eigenvalue weighted by atomic mass is 16.4. The Kier molecular flexibility index (Phi) is 4.28. The van der Waals surface area contributed by atoms with E-state index in [2.05, 4.69) is 22.2 Å². The third kappa shape index (κ3) is 3.64. The third-order valence-corrected chi connectivity index (χ3v) is 3.18. The van der Waals surface area contributed by atoms with Crippen LogP contribution in [0.25, 0.3) is 11.0 Å². The fourth-order valence-electron chi connectivity index (χ4n) is 2.06. The number of hydrogen-bond acceptors (Lipinski definition) is 3. The van der Waals surface area contributed by atoms with Crippen LogP contribution in [-0.4, -0.2) is 27.7 Å². The molecule has 1 aromatic heterocycles. The molecule has 1 unspecified atom stereocenters. The molecule has 100 valence electrons. The first-order chi connectivity index (χ1) is 9.19. The largest absolute Gasteiger partial charge is 0.465 e. The fourth-order valence-corrected chi connectivity index (χ4v) is 2.06. The molecule has 2 rings (SSSR count). The summed E-state index contributed by atoms with van der Waals surface area (Å²) in [7, 11) is 0. The maximum atomic E-state index is 10.5. The van der Waals surface area contributed by atoms with Crippen molar-refractivity contribution >= 4 is 17.1 Å². The van der Waals surface area contributed by atoms with Gasteiger partial charge in [-0.05, 0) is 30.0 Å². The van der Waals surface area contributed by atoms with Crippen LogP contribution in [0, 0.1) is 5.92 Å². The molecule has 2 aromatic rings. The highest BCUT2D eigenvalue weighted by Gasteiger charge is 2.09. The molecule has 1 aromatic carbocycles. The number of benzene rings is 1. The summed E-state index contributed by atoms with van der Waals surface area (Å²) in [4.78, 5) is 19.0. The molecule has 1 atom stereocenters. The second-order valence-corrected chi connectivity index (χ2v) is 4.54. The summed E-state index contributed by atoms with van der Waals surface area (Å²) >= 11 is 0. The van der Waals surface area contributed by atoms with Crippen molar-refractivity contribution in [2.75, 3.05) is 6.54 Å². The lowest BCUT2D eigenvalue weighted by molar-refractivity contribution is 0.192. The summed E-state index contributed by atoms with van der Waals surface area (Å²) in [5.41, 5.74) is 2.91. The second-order valence-electron chi connectivity index (χ2n) is 4.54. The highest BCUT2D eigenvalue weighted by Crippen LogP contribution is 2.16. The minimum Gasteiger partial charge on any atom is -0.465 e. The summed E-state index contributed by atoms with van der Waals surface area (Å²) in [6, 6.07) is 6.00. The van der Waals surface area contributed by atoms with Crippen molar-refractivity contribution in [3.05, 3.63) is 36.2 Å². The van der Waals surface area contributed by atoms with Crippen LogP contribution in [0.1, 0.15) is 18.9 Å². The van der Waals surface area contributed by atoms with Crippen LogP contribution in [0.5, 0.6) is 0 Å². The predicted molar refractivity (Wildman–Crippen MR) is 73.1 cm³/mol. The minimum atomic E-state index is -0.970. The topological polar surface area (TPSA) is 75.1 Å². The SMILES string of the molecule is CCC(CNC(=O)O)Cc1ccc2nccnc2c1. The predicted octanol–water partition coefficient (Wildman–Crippen LogP) is 2.47. The highest BCUT2D eigenvalue weighted by molar-refractivity contribution is 5.74. The Hall–Kier alpha value is -2.17. The van der Waals surface area contributed by atoms with Gasteiger partial charge in [0.05, 0.1) is 11.0 Å². The average molecular weight is 259 g/mol. The van der Waals surface area contributed by atoms with Crippen LogP contribution in [0.2, 0.25) is 0 Å². The van der Waals surface area contributed by atoms with Gasteiger partial charge in [0.2, 0.25) is 0 Å². The number of carbonyl (C=O) groups is 1. The molecule has 0 bridgehead atoms. The van der Waals surface area contributed by atoms with Gasteiger partial charge in [-0.25, -0.2) is 4.79 Å². The first-order valence-electron chi connectivity index (χ1n) is 6.35. The van der Waals surface area contributed by atoms with Crippen molar-refractivity contribution in [2.45, 2.75) is 19.8 Å². The van der Waals surface area contributed by atoms with E-state index in [-0.39, 0.29) is 0 Å². The van der Waals surface area contributed by atoms with E-state index in [1.807, 2.05) is 18.2 Å². The van der Waals surface area contributed by atoms with E-state index >= 15 is 0 Å². The van der Waals surface area contributed by atoms with Crippen molar-refractivity contribution in [1.82, 2.24) is 15.3 Å². The molecule has 5 heteroatoms. The Morgan fingerprint density at radius 1 is 1.32 bits per heavy atom. The number of rotatable bonds is 5. The monoisotopic (exact) mass is 259 g/mol. The Labute approximate surface area is 111 Å². The summed E-state index contributed by atoms with van der Waals surface area (Å²) in [6.07, 6.45) is 4.15. The van der Waals surface area contributed by atoms with Gasteiger partial charge in [-0.2, -0.15) is 0 Å². The quantitative estimate of drug-likeness (QED) is 0.865. The lowest BCUT2D eigenvalue weighted by atomic mass is 9.96. The molecule has 0 saturated carbocycles. The van der Waals surface area contributed by atoms with Crippen LogP contribution < -0.4 is 5.32 Å². The summed E-state index contributed by atoms with van der Waals surface area (Å²) in [6.45, 7) is 2.54. The van der Waals surface area contributed by atoms with Gasteiger partial charge in [0.1, 0.15) is 0 Å². The molecule has 0 aliphatic heterocycles. The van der Waals surface area contributed by atoms with Crippen LogP contribution in [0.3, 0.4) is 0 Å². The van der Waals surface area contributed by atoms with Crippen LogP contribution >= 0.6 is 0 Å². The molecule has 1 heterocycles. The van der Waals surface area contributed by atoms with E-state index in [9.17, 15) is 4.79 Å². The summed E-state index contributed by atoms with van der Waals surface area (Å²) in [5, 5.41) is 11.1. The van der Waals surface area contributed by atoms with Gasteiger partial charge < -0.3 is 10.4 Å².